The lowest BCUT2D eigenvalue weighted by Crippen LogP contribution is -2.44. The van der Waals surface area contributed by atoms with Gasteiger partial charge >= 0.3 is 0 Å². The molecule has 0 aromatic heterocycles. The molecule has 0 aromatic carbocycles. The second-order valence-corrected chi connectivity index (χ2v) is 3.98. The average Bonchev–Trinajstić information content (AvgIpc) is 1.97. The predicted octanol–water partition coefficient (Wildman–Crippen LogP) is 1.20. The average molecular weight is 172 g/mol. The van der Waals surface area contributed by atoms with Crippen LogP contribution in [0.1, 0.15) is 26.7 Å². The minimum atomic E-state index is 0.296. The molecule has 0 rings (SSSR count). The molecular formula is C9H22N3+. The van der Waals surface area contributed by atoms with Gasteiger partial charge in [0.25, 0.3) is 0 Å². The van der Waals surface area contributed by atoms with Crippen LogP contribution >= 0.6 is 0 Å². The third-order valence-corrected chi connectivity index (χ3v) is 1.94. The minimum absolute atomic E-state index is 0.296. The quantitative estimate of drug-likeness (QED) is 0.386. The van der Waals surface area contributed by atoms with E-state index in [4.69, 9.17) is 5.73 Å². The number of hydrogen-bond acceptors (Lipinski definition) is 1. The molecule has 0 radical (unpaired) electrons. The van der Waals surface area contributed by atoms with Crippen molar-refractivity contribution in [2.75, 3.05) is 21.1 Å². The van der Waals surface area contributed by atoms with Crippen LogP contribution in [0.25, 0.3) is 0 Å². The summed E-state index contributed by atoms with van der Waals surface area (Å²) in [5, 5.41) is 0. The molecule has 0 bridgehead atoms. The Labute approximate surface area is 75.9 Å². The third-order valence-electron chi connectivity index (χ3n) is 1.94. The fourth-order valence-electron chi connectivity index (χ4n) is 1.09. The van der Waals surface area contributed by atoms with E-state index in [1.807, 2.05) is 6.92 Å². The summed E-state index contributed by atoms with van der Waals surface area (Å²) in [5.74, 6) is 0.759. The highest BCUT2D eigenvalue weighted by atomic mass is 15.4. The molecule has 72 valence electrons. The second-order valence-electron chi connectivity index (χ2n) is 3.98. The minimum Gasteiger partial charge on any atom is -0.387 e. The van der Waals surface area contributed by atoms with E-state index in [9.17, 15) is 0 Å². The van der Waals surface area contributed by atoms with Crippen molar-refractivity contribution in [3.8, 4) is 0 Å². The molecule has 0 aliphatic rings. The van der Waals surface area contributed by atoms with E-state index in [2.05, 4.69) is 33.1 Å². The van der Waals surface area contributed by atoms with Crippen molar-refractivity contribution in [2.45, 2.75) is 32.9 Å². The van der Waals surface area contributed by atoms with Gasteiger partial charge in [0.05, 0.1) is 27.0 Å². The molecular weight excluding hydrogens is 150 g/mol. The van der Waals surface area contributed by atoms with Gasteiger partial charge in [0, 0.05) is 12.8 Å². The van der Waals surface area contributed by atoms with Gasteiger partial charge in [0.1, 0.15) is 0 Å². The Kier molecular flexibility index (Phi) is 4.24. The lowest BCUT2D eigenvalue weighted by atomic mass is 10.3. The Bertz CT molecular complexity index is 156. The van der Waals surface area contributed by atoms with Gasteiger partial charge in [0.15, 0.2) is 6.17 Å². The summed E-state index contributed by atoms with van der Waals surface area (Å²) in [6.07, 6.45) is 2.17. The first-order valence-electron chi connectivity index (χ1n) is 4.55. The lowest BCUT2D eigenvalue weighted by molar-refractivity contribution is -0.895. The zero-order valence-corrected chi connectivity index (χ0v) is 8.96. The molecule has 12 heavy (non-hydrogen) atoms. The third kappa shape index (κ3) is 3.72. The zero-order valence-electron chi connectivity index (χ0n) is 8.96. The highest BCUT2D eigenvalue weighted by Gasteiger charge is 2.20. The smallest absolute Gasteiger partial charge is 0.183 e. The molecule has 0 aliphatic carbocycles. The van der Waals surface area contributed by atoms with Crippen molar-refractivity contribution in [1.29, 1.82) is 0 Å². The van der Waals surface area contributed by atoms with Gasteiger partial charge in [0.2, 0.25) is 0 Å². The van der Waals surface area contributed by atoms with Crippen LogP contribution in [-0.4, -0.2) is 37.6 Å². The van der Waals surface area contributed by atoms with Crippen LogP contribution < -0.4 is 5.73 Å². The van der Waals surface area contributed by atoms with Crippen LogP contribution in [0.3, 0.4) is 0 Å². The molecule has 0 amide bonds. The van der Waals surface area contributed by atoms with E-state index in [-0.39, 0.29) is 0 Å². The van der Waals surface area contributed by atoms with Gasteiger partial charge in [-0.25, -0.2) is 4.99 Å². The van der Waals surface area contributed by atoms with Gasteiger partial charge in [-0.3, -0.25) is 0 Å². The van der Waals surface area contributed by atoms with E-state index in [1.165, 1.54) is 0 Å². The molecule has 0 spiro atoms. The van der Waals surface area contributed by atoms with E-state index in [1.54, 1.807) is 0 Å². The molecule has 0 saturated carbocycles. The molecule has 3 heteroatoms. The standard InChI is InChI=1S/C9H22N3/c1-6-8(10)11-9(7-2)12(3,4)5/h9H,6-7H2,1-5H3,(H2,10,11)/q+1. The first kappa shape index (κ1) is 11.4. The fourth-order valence-corrected chi connectivity index (χ4v) is 1.09. The summed E-state index contributed by atoms with van der Waals surface area (Å²) in [6, 6.07) is 0. The Balaban J connectivity index is 4.37. The first-order chi connectivity index (χ1) is 5.41. The van der Waals surface area contributed by atoms with Gasteiger partial charge in [-0.2, -0.15) is 0 Å². The molecule has 0 fully saturated rings. The van der Waals surface area contributed by atoms with Crippen molar-refractivity contribution in [3.63, 3.8) is 0 Å². The number of rotatable bonds is 4. The lowest BCUT2D eigenvalue weighted by Gasteiger charge is -2.30. The van der Waals surface area contributed by atoms with E-state index in [0.29, 0.717) is 6.17 Å². The van der Waals surface area contributed by atoms with Crippen LogP contribution in [0.4, 0.5) is 0 Å². The van der Waals surface area contributed by atoms with Gasteiger partial charge in [-0.1, -0.05) is 13.8 Å². The Morgan fingerprint density at radius 3 is 2.08 bits per heavy atom. The molecule has 0 saturated heterocycles. The molecule has 3 nitrogen and oxygen atoms in total. The molecule has 0 aromatic rings. The number of nitrogens with zero attached hydrogens (tertiary/aromatic N) is 2. The van der Waals surface area contributed by atoms with Crippen molar-refractivity contribution in [2.24, 2.45) is 10.7 Å². The zero-order chi connectivity index (χ0) is 9.78. The molecule has 1 atom stereocenters. The molecule has 0 aliphatic heterocycles. The summed E-state index contributed by atoms with van der Waals surface area (Å²) >= 11 is 0. The first-order valence-corrected chi connectivity index (χ1v) is 4.55. The largest absolute Gasteiger partial charge is 0.387 e. The van der Waals surface area contributed by atoms with Crippen molar-refractivity contribution in [1.82, 2.24) is 0 Å². The van der Waals surface area contributed by atoms with Gasteiger partial charge in [-0.05, 0) is 0 Å². The maximum absolute atomic E-state index is 5.69. The summed E-state index contributed by atoms with van der Waals surface area (Å²) in [7, 11) is 6.42. The van der Waals surface area contributed by atoms with Crippen LogP contribution in [0.15, 0.2) is 4.99 Å². The number of hydrogen-bond donors (Lipinski definition) is 1. The van der Waals surface area contributed by atoms with Gasteiger partial charge in [-0.15, -0.1) is 0 Å². The SMILES string of the molecule is CC/C(N)=N/C(CC)[N+](C)(C)C. The van der Waals surface area contributed by atoms with Crippen LogP contribution in [0.5, 0.6) is 0 Å². The number of nitrogens with two attached hydrogens (primary N) is 1. The monoisotopic (exact) mass is 172 g/mol. The summed E-state index contributed by atoms with van der Waals surface area (Å²) in [5.41, 5.74) is 5.69. The molecule has 1 unspecified atom stereocenters. The van der Waals surface area contributed by atoms with E-state index < -0.39 is 0 Å². The number of aliphatic imine (C=N–C) groups is 1. The molecule has 0 heterocycles. The maximum Gasteiger partial charge on any atom is 0.183 e. The highest BCUT2D eigenvalue weighted by molar-refractivity contribution is 5.79. The van der Waals surface area contributed by atoms with Gasteiger partial charge < -0.3 is 10.2 Å². The fraction of sp³-hybridized carbons (Fsp3) is 0.889. The maximum atomic E-state index is 5.69. The Hall–Kier alpha value is -0.570. The van der Waals surface area contributed by atoms with Crippen molar-refractivity contribution < 1.29 is 4.48 Å². The number of amidine groups is 1. The van der Waals surface area contributed by atoms with E-state index in [0.717, 1.165) is 23.2 Å². The van der Waals surface area contributed by atoms with Crippen molar-refractivity contribution in [3.05, 3.63) is 0 Å². The van der Waals surface area contributed by atoms with Crippen LogP contribution in [0, 0.1) is 0 Å². The summed E-state index contributed by atoms with van der Waals surface area (Å²) in [6.45, 7) is 4.17. The summed E-state index contributed by atoms with van der Waals surface area (Å²) in [4.78, 5) is 4.45. The van der Waals surface area contributed by atoms with E-state index >= 15 is 0 Å². The Morgan fingerprint density at radius 1 is 1.33 bits per heavy atom. The number of quaternary nitrogens is 1. The highest BCUT2D eigenvalue weighted by Crippen LogP contribution is 2.08. The predicted molar refractivity (Wildman–Crippen MR) is 54.0 cm³/mol. The second kappa shape index (κ2) is 4.45. The Morgan fingerprint density at radius 2 is 1.83 bits per heavy atom. The van der Waals surface area contributed by atoms with Crippen molar-refractivity contribution >= 4 is 5.84 Å². The molecule has 2 N–H and O–H groups in total. The summed E-state index contributed by atoms with van der Waals surface area (Å²) < 4.78 is 0.844. The van der Waals surface area contributed by atoms with Crippen LogP contribution in [-0.2, 0) is 0 Å². The normalized spacial score (nSPS) is 16.2. The topological polar surface area (TPSA) is 38.4 Å². The van der Waals surface area contributed by atoms with Crippen LogP contribution in [0.2, 0.25) is 0 Å².